The Bertz CT molecular complexity index is 823. The van der Waals surface area contributed by atoms with Crippen LogP contribution in [-0.4, -0.2) is 43.7 Å². The molecule has 0 atom stereocenters. The lowest BCUT2D eigenvalue weighted by atomic mass is 10.1. The van der Waals surface area contributed by atoms with E-state index >= 15 is 0 Å². The number of anilines is 1. The Morgan fingerprint density at radius 1 is 1.03 bits per heavy atom. The van der Waals surface area contributed by atoms with Crippen LogP contribution in [0.25, 0.3) is 0 Å². The van der Waals surface area contributed by atoms with E-state index in [0.29, 0.717) is 31.2 Å². The summed E-state index contributed by atoms with van der Waals surface area (Å²) in [5.74, 6) is -0.564. The van der Waals surface area contributed by atoms with Crippen molar-refractivity contribution in [1.29, 1.82) is 0 Å². The number of nitrogens with zero attached hydrogens (tertiary/aromatic N) is 2. The predicted molar refractivity (Wildman–Crippen MR) is 110 cm³/mol. The van der Waals surface area contributed by atoms with Crippen LogP contribution in [0.5, 0.6) is 5.88 Å². The van der Waals surface area contributed by atoms with E-state index in [4.69, 9.17) is 14.2 Å². The lowest BCUT2D eigenvalue weighted by molar-refractivity contribution is -0.141. The van der Waals surface area contributed by atoms with Crippen LogP contribution in [0, 0.1) is 0 Å². The monoisotopic (exact) mass is 400 g/mol. The first-order valence-corrected chi connectivity index (χ1v) is 9.74. The van der Waals surface area contributed by atoms with Gasteiger partial charge in [0.15, 0.2) is 5.69 Å². The summed E-state index contributed by atoms with van der Waals surface area (Å²) in [7, 11) is 1.71. The summed E-state index contributed by atoms with van der Waals surface area (Å²) in [6.07, 6.45) is 0.653. The molecule has 0 aliphatic carbocycles. The molecule has 0 bridgehead atoms. The molecule has 0 aliphatic heterocycles. The Morgan fingerprint density at radius 2 is 1.72 bits per heavy atom. The summed E-state index contributed by atoms with van der Waals surface area (Å²) >= 11 is 0. The Hall–Kier alpha value is -3.09. The summed E-state index contributed by atoms with van der Waals surface area (Å²) in [6.45, 7) is 6.30. The van der Waals surface area contributed by atoms with Gasteiger partial charge in [-0.15, -0.1) is 0 Å². The minimum absolute atomic E-state index is 0.00466. The van der Waals surface area contributed by atoms with E-state index in [0.717, 1.165) is 11.1 Å². The van der Waals surface area contributed by atoms with Gasteiger partial charge in [-0.2, -0.15) is 0 Å². The Morgan fingerprint density at radius 3 is 2.34 bits per heavy atom. The number of ether oxygens (including phenoxy) is 3. The van der Waals surface area contributed by atoms with Crippen molar-refractivity contribution >= 4 is 17.6 Å². The third kappa shape index (κ3) is 6.20. The highest BCUT2D eigenvalue weighted by Crippen LogP contribution is 2.28. The number of hydrogen-bond acceptors (Lipinski definition) is 7. The molecule has 0 amide bonds. The zero-order valence-corrected chi connectivity index (χ0v) is 17.4. The molecule has 156 valence electrons. The summed E-state index contributed by atoms with van der Waals surface area (Å²) in [6, 6.07) is 11.5. The van der Waals surface area contributed by atoms with Gasteiger partial charge in [0.1, 0.15) is 13.2 Å². The number of hydrogen-bond donors (Lipinski definition) is 0. The topological polar surface area (TPSA) is 78.0 Å². The molecule has 0 unspecified atom stereocenters. The molecular weight excluding hydrogens is 372 g/mol. The summed E-state index contributed by atoms with van der Waals surface area (Å²) < 4.78 is 16.1. The number of rotatable bonds is 10. The minimum atomic E-state index is -0.564. The quantitative estimate of drug-likeness (QED) is 0.566. The van der Waals surface area contributed by atoms with Crippen molar-refractivity contribution in [3.8, 4) is 5.88 Å². The van der Waals surface area contributed by atoms with Crippen molar-refractivity contribution in [1.82, 2.24) is 4.98 Å². The van der Waals surface area contributed by atoms with Crippen molar-refractivity contribution in [2.45, 2.75) is 33.8 Å². The second-order valence-electron chi connectivity index (χ2n) is 6.33. The first kappa shape index (κ1) is 22.2. The molecule has 2 rings (SSSR count). The number of carbonyl (C=O) groups is 2. The number of pyridine rings is 1. The predicted octanol–water partition coefficient (Wildman–Crippen LogP) is 3.40. The zero-order valence-electron chi connectivity index (χ0n) is 17.4. The standard InChI is InChI=1S/C22H28N2O5/c1-5-17-13-18(24(4)14-19(25)27-6-2)20(22(26)28-7-3)23-21(17)29-15-16-11-9-8-10-12-16/h8-13H,5-7,14-15H2,1-4H3. The molecule has 0 N–H and O–H groups in total. The van der Waals surface area contributed by atoms with Crippen LogP contribution in [0.15, 0.2) is 36.4 Å². The van der Waals surface area contributed by atoms with Gasteiger partial charge >= 0.3 is 11.9 Å². The van der Waals surface area contributed by atoms with Gasteiger partial charge in [0, 0.05) is 12.6 Å². The minimum Gasteiger partial charge on any atom is -0.473 e. The summed E-state index contributed by atoms with van der Waals surface area (Å²) in [5.41, 5.74) is 2.44. The van der Waals surface area contributed by atoms with Crippen LogP contribution >= 0.6 is 0 Å². The van der Waals surface area contributed by atoms with E-state index in [1.54, 1.807) is 25.8 Å². The first-order valence-electron chi connectivity index (χ1n) is 9.74. The number of esters is 2. The number of carbonyl (C=O) groups excluding carboxylic acids is 2. The molecule has 1 heterocycles. The molecule has 0 spiro atoms. The average Bonchev–Trinajstić information content (AvgIpc) is 2.72. The molecule has 1 aromatic heterocycles. The van der Waals surface area contributed by atoms with Gasteiger partial charge in [0.2, 0.25) is 5.88 Å². The fraction of sp³-hybridized carbons (Fsp3) is 0.409. The van der Waals surface area contributed by atoms with E-state index < -0.39 is 5.97 Å². The SMILES string of the molecule is CCOC(=O)CN(C)c1cc(CC)c(OCc2ccccc2)nc1C(=O)OCC. The maximum absolute atomic E-state index is 12.5. The molecule has 0 saturated carbocycles. The molecule has 29 heavy (non-hydrogen) atoms. The molecular formula is C22H28N2O5. The summed E-state index contributed by atoms with van der Waals surface area (Å²) in [5, 5.41) is 0. The zero-order chi connectivity index (χ0) is 21.2. The number of aromatic nitrogens is 1. The van der Waals surface area contributed by atoms with Crippen molar-refractivity contribution in [2.75, 3.05) is 31.7 Å². The molecule has 0 aliphatic rings. The van der Waals surface area contributed by atoms with E-state index in [-0.39, 0.29) is 24.8 Å². The fourth-order valence-electron chi connectivity index (χ4n) is 2.76. The van der Waals surface area contributed by atoms with Crippen LogP contribution in [0.4, 0.5) is 5.69 Å². The first-order chi connectivity index (χ1) is 14.0. The maximum Gasteiger partial charge on any atom is 0.359 e. The van der Waals surface area contributed by atoms with Crippen LogP contribution in [0.1, 0.15) is 42.4 Å². The maximum atomic E-state index is 12.5. The van der Waals surface area contributed by atoms with Gasteiger partial charge < -0.3 is 19.1 Å². The molecule has 1 aromatic carbocycles. The van der Waals surface area contributed by atoms with Gasteiger partial charge in [0.05, 0.1) is 18.9 Å². The van der Waals surface area contributed by atoms with Crippen molar-refractivity contribution in [2.24, 2.45) is 0 Å². The second kappa shape index (κ2) is 11.0. The Balaban J connectivity index is 2.36. The van der Waals surface area contributed by atoms with Crippen LogP contribution in [0.3, 0.4) is 0 Å². The lowest BCUT2D eigenvalue weighted by Crippen LogP contribution is -2.29. The lowest BCUT2D eigenvalue weighted by Gasteiger charge is -2.22. The van der Waals surface area contributed by atoms with E-state index in [9.17, 15) is 9.59 Å². The van der Waals surface area contributed by atoms with Crippen LogP contribution in [-0.2, 0) is 27.3 Å². The number of aryl methyl sites for hydroxylation is 1. The molecule has 7 heteroatoms. The van der Waals surface area contributed by atoms with Gasteiger partial charge in [-0.05, 0) is 31.9 Å². The average molecular weight is 400 g/mol. The molecule has 0 fully saturated rings. The Labute approximate surface area is 171 Å². The van der Waals surface area contributed by atoms with E-state index in [2.05, 4.69) is 4.98 Å². The molecule has 2 aromatic rings. The third-order valence-corrected chi connectivity index (χ3v) is 4.19. The van der Waals surface area contributed by atoms with E-state index in [1.165, 1.54) is 0 Å². The normalized spacial score (nSPS) is 10.3. The van der Waals surface area contributed by atoms with Gasteiger partial charge in [-0.1, -0.05) is 37.3 Å². The number of benzene rings is 1. The second-order valence-corrected chi connectivity index (χ2v) is 6.33. The van der Waals surface area contributed by atoms with E-state index in [1.807, 2.05) is 43.3 Å². The molecule has 0 radical (unpaired) electrons. The molecule has 7 nitrogen and oxygen atoms in total. The Kier molecular flexibility index (Phi) is 8.45. The highest BCUT2D eigenvalue weighted by molar-refractivity contribution is 5.95. The highest BCUT2D eigenvalue weighted by Gasteiger charge is 2.23. The summed E-state index contributed by atoms with van der Waals surface area (Å²) in [4.78, 5) is 30.5. The van der Waals surface area contributed by atoms with Crippen molar-refractivity contribution in [3.63, 3.8) is 0 Å². The van der Waals surface area contributed by atoms with Gasteiger partial charge in [-0.25, -0.2) is 9.78 Å². The molecule has 0 saturated heterocycles. The number of likely N-dealkylation sites (N-methyl/N-ethyl adjacent to an activating group) is 1. The highest BCUT2D eigenvalue weighted by atomic mass is 16.5. The largest absolute Gasteiger partial charge is 0.473 e. The van der Waals surface area contributed by atoms with Gasteiger partial charge in [0.25, 0.3) is 0 Å². The van der Waals surface area contributed by atoms with Crippen molar-refractivity contribution < 1.29 is 23.8 Å². The smallest absolute Gasteiger partial charge is 0.359 e. The van der Waals surface area contributed by atoms with Gasteiger partial charge in [-0.3, -0.25) is 4.79 Å². The van der Waals surface area contributed by atoms with Crippen LogP contribution in [0.2, 0.25) is 0 Å². The fourth-order valence-corrected chi connectivity index (χ4v) is 2.76. The van der Waals surface area contributed by atoms with Crippen LogP contribution < -0.4 is 9.64 Å². The van der Waals surface area contributed by atoms with Crippen molar-refractivity contribution in [3.05, 3.63) is 53.2 Å². The third-order valence-electron chi connectivity index (χ3n) is 4.19.